The van der Waals surface area contributed by atoms with Gasteiger partial charge in [-0.25, -0.2) is 4.98 Å². The third-order valence-electron chi connectivity index (χ3n) is 4.14. The molecule has 1 fully saturated rings. The van der Waals surface area contributed by atoms with E-state index in [1.807, 2.05) is 22.7 Å². The molecule has 0 saturated carbocycles. The summed E-state index contributed by atoms with van der Waals surface area (Å²) >= 11 is 0. The highest BCUT2D eigenvalue weighted by Crippen LogP contribution is 2.30. The van der Waals surface area contributed by atoms with Crippen molar-refractivity contribution in [3.63, 3.8) is 0 Å². The van der Waals surface area contributed by atoms with Crippen LogP contribution < -0.4 is 0 Å². The molecule has 7 nitrogen and oxygen atoms in total. The van der Waals surface area contributed by atoms with Crippen molar-refractivity contribution in [2.75, 3.05) is 13.1 Å². The summed E-state index contributed by atoms with van der Waals surface area (Å²) in [5, 5.41) is 16.9. The van der Waals surface area contributed by atoms with Crippen LogP contribution in [0.1, 0.15) is 35.1 Å². The molecule has 1 atom stereocenters. The van der Waals surface area contributed by atoms with Gasteiger partial charge in [-0.05, 0) is 18.8 Å². The van der Waals surface area contributed by atoms with E-state index < -0.39 is 6.10 Å². The third kappa shape index (κ3) is 2.69. The molecule has 21 heavy (non-hydrogen) atoms. The lowest BCUT2D eigenvalue weighted by atomic mass is 9.90. The van der Waals surface area contributed by atoms with Crippen molar-refractivity contribution in [3.8, 4) is 0 Å². The molecule has 0 spiro atoms. The molecule has 1 aliphatic heterocycles. The van der Waals surface area contributed by atoms with Gasteiger partial charge < -0.3 is 14.6 Å². The number of H-pyrrole nitrogens is 1. The van der Waals surface area contributed by atoms with Crippen LogP contribution in [0.15, 0.2) is 24.8 Å². The van der Waals surface area contributed by atoms with Crippen molar-refractivity contribution in [2.45, 2.75) is 18.9 Å². The lowest BCUT2D eigenvalue weighted by Gasteiger charge is -2.33. The summed E-state index contributed by atoms with van der Waals surface area (Å²) in [6.45, 7) is 1.30. The van der Waals surface area contributed by atoms with Gasteiger partial charge in [-0.1, -0.05) is 0 Å². The summed E-state index contributed by atoms with van der Waals surface area (Å²) in [4.78, 5) is 18.2. The van der Waals surface area contributed by atoms with Crippen molar-refractivity contribution < 1.29 is 9.90 Å². The standard InChI is InChI=1S/C14H19N5O2/c1-18-7-4-15-13(18)12(20)10-2-5-19(6-3-10)14(21)11-8-16-17-9-11/h4,7-10,12,20H,2-3,5-6H2,1H3,(H,16,17)/t12-/m0/s1. The average Bonchev–Trinajstić information content (AvgIpc) is 3.17. The van der Waals surface area contributed by atoms with Crippen LogP contribution in [-0.4, -0.2) is 48.8 Å². The molecule has 0 aliphatic carbocycles. The number of likely N-dealkylation sites (tertiary alicyclic amines) is 1. The number of imidazole rings is 1. The molecular formula is C14H19N5O2. The van der Waals surface area contributed by atoms with E-state index in [1.54, 1.807) is 12.4 Å². The maximum absolute atomic E-state index is 12.2. The fourth-order valence-electron chi connectivity index (χ4n) is 2.84. The Hall–Kier alpha value is -2.15. The first-order valence-corrected chi connectivity index (χ1v) is 7.10. The third-order valence-corrected chi connectivity index (χ3v) is 4.14. The second-order valence-electron chi connectivity index (χ2n) is 5.46. The summed E-state index contributed by atoms with van der Waals surface area (Å²) in [5.74, 6) is 0.822. The number of hydrogen-bond acceptors (Lipinski definition) is 4. The molecule has 2 aromatic heterocycles. The van der Waals surface area contributed by atoms with E-state index >= 15 is 0 Å². The number of amides is 1. The molecule has 1 amide bonds. The summed E-state index contributed by atoms with van der Waals surface area (Å²) < 4.78 is 1.84. The number of carbonyl (C=O) groups is 1. The van der Waals surface area contributed by atoms with Crippen LogP contribution in [0.25, 0.3) is 0 Å². The minimum Gasteiger partial charge on any atom is -0.385 e. The predicted octanol–water partition coefficient (Wildman–Crippen LogP) is 0.729. The Morgan fingerprint density at radius 2 is 2.24 bits per heavy atom. The Balaban J connectivity index is 1.60. The fourth-order valence-corrected chi connectivity index (χ4v) is 2.84. The first-order valence-electron chi connectivity index (χ1n) is 7.10. The van der Waals surface area contributed by atoms with Gasteiger partial charge in [0.15, 0.2) is 0 Å². The quantitative estimate of drug-likeness (QED) is 0.872. The van der Waals surface area contributed by atoms with Crippen LogP contribution in [0.2, 0.25) is 0 Å². The molecule has 2 aromatic rings. The van der Waals surface area contributed by atoms with Crippen molar-refractivity contribution in [1.82, 2.24) is 24.6 Å². The Morgan fingerprint density at radius 3 is 2.81 bits per heavy atom. The number of carbonyl (C=O) groups excluding carboxylic acids is 1. The molecular weight excluding hydrogens is 270 g/mol. The van der Waals surface area contributed by atoms with Gasteiger partial charge >= 0.3 is 0 Å². The van der Waals surface area contributed by atoms with Gasteiger partial charge in [0.05, 0.1) is 11.8 Å². The van der Waals surface area contributed by atoms with E-state index in [4.69, 9.17) is 0 Å². The summed E-state index contributed by atoms with van der Waals surface area (Å²) in [5.41, 5.74) is 0.582. The number of aliphatic hydroxyl groups is 1. The average molecular weight is 289 g/mol. The van der Waals surface area contributed by atoms with Crippen molar-refractivity contribution in [3.05, 3.63) is 36.2 Å². The molecule has 3 heterocycles. The van der Waals surface area contributed by atoms with Gasteiger partial charge in [-0.2, -0.15) is 5.10 Å². The van der Waals surface area contributed by atoms with E-state index in [9.17, 15) is 9.90 Å². The first kappa shape index (κ1) is 13.8. The number of nitrogens with one attached hydrogen (secondary N) is 1. The molecule has 1 aliphatic rings. The van der Waals surface area contributed by atoms with Crippen LogP contribution in [0.3, 0.4) is 0 Å². The van der Waals surface area contributed by atoms with E-state index in [0.29, 0.717) is 24.5 Å². The van der Waals surface area contributed by atoms with Crippen LogP contribution >= 0.6 is 0 Å². The number of aliphatic hydroxyl groups excluding tert-OH is 1. The molecule has 1 saturated heterocycles. The van der Waals surface area contributed by atoms with Crippen LogP contribution in [0, 0.1) is 5.92 Å². The largest absolute Gasteiger partial charge is 0.385 e. The normalized spacial score (nSPS) is 17.9. The fraction of sp³-hybridized carbons (Fsp3) is 0.500. The molecule has 0 radical (unpaired) electrons. The zero-order valence-electron chi connectivity index (χ0n) is 11.9. The smallest absolute Gasteiger partial charge is 0.257 e. The number of aryl methyl sites for hydroxylation is 1. The molecule has 7 heteroatoms. The second kappa shape index (κ2) is 5.69. The minimum atomic E-state index is -0.573. The van der Waals surface area contributed by atoms with E-state index in [2.05, 4.69) is 15.2 Å². The maximum Gasteiger partial charge on any atom is 0.257 e. The lowest BCUT2D eigenvalue weighted by Crippen LogP contribution is -2.39. The molecule has 2 N–H and O–H groups in total. The van der Waals surface area contributed by atoms with Gasteiger partial charge in [-0.15, -0.1) is 0 Å². The molecule has 112 valence electrons. The minimum absolute atomic E-state index is 0.00585. The first-order chi connectivity index (χ1) is 10.2. The zero-order valence-corrected chi connectivity index (χ0v) is 11.9. The van der Waals surface area contributed by atoms with Gasteiger partial charge in [0.2, 0.25) is 0 Å². The summed E-state index contributed by atoms with van der Waals surface area (Å²) in [6.07, 6.45) is 7.65. The van der Waals surface area contributed by atoms with Crippen LogP contribution in [-0.2, 0) is 7.05 Å². The van der Waals surface area contributed by atoms with Gasteiger partial charge in [-0.3, -0.25) is 9.89 Å². The van der Waals surface area contributed by atoms with Crippen molar-refractivity contribution in [2.24, 2.45) is 13.0 Å². The SMILES string of the molecule is Cn1ccnc1[C@@H](O)C1CCN(C(=O)c2cn[nH]c2)CC1. The highest BCUT2D eigenvalue weighted by molar-refractivity contribution is 5.93. The van der Waals surface area contributed by atoms with Crippen molar-refractivity contribution >= 4 is 5.91 Å². The zero-order chi connectivity index (χ0) is 14.8. The number of nitrogens with zero attached hydrogens (tertiary/aromatic N) is 4. The van der Waals surface area contributed by atoms with Crippen molar-refractivity contribution in [1.29, 1.82) is 0 Å². The Labute approximate surface area is 122 Å². The number of aromatic nitrogens is 4. The summed E-state index contributed by atoms with van der Waals surface area (Å²) in [6, 6.07) is 0. The van der Waals surface area contributed by atoms with E-state index in [1.165, 1.54) is 6.20 Å². The van der Waals surface area contributed by atoms with Gasteiger partial charge in [0.1, 0.15) is 11.9 Å². The molecule has 0 bridgehead atoms. The van der Waals surface area contributed by atoms with Gasteiger partial charge in [0, 0.05) is 38.7 Å². The molecule has 3 rings (SSSR count). The van der Waals surface area contributed by atoms with Crippen LogP contribution in [0.5, 0.6) is 0 Å². The number of piperidine rings is 1. The Kier molecular flexibility index (Phi) is 3.74. The number of aromatic amines is 1. The van der Waals surface area contributed by atoms with Gasteiger partial charge in [0.25, 0.3) is 5.91 Å². The highest BCUT2D eigenvalue weighted by atomic mass is 16.3. The second-order valence-corrected chi connectivity index (χ2v) is 5.46. The summed E-state index contributed by atoms with van der Waals surface area (Å²) in [7, 11) is 1.88. The highest BCUT2D eigenvalue weighted by Gasteiger charge is 2.30. The lowest BCUT2D eigenvalue weighted by molar-refractivity contribution is 0.0420. The number of hydrogen-bond donors (Lipinski definition) is 2. The Bertz CT molecular complexity index is 599. The maximum atomic E-state index is 12.2. The molecule has 0 unspecified atom stereocenters. The van der Waals surface area contributed by atoms with E-state index in [0.717, 1.165) is 12.8 Å². The van der Waals surface area contributed by atoms with E-state index in [-0.39, 0.29) is 11.8 Å². The Morgan fingerprint density at radius 1 is 1.48 bits per heavy atom. The monoisotopic (exact) mass is 289 g/mol. The van der Waals surface area contributed by atoms with Crippen LogP contribution in [0.4, 0.5) is 0 Å². The predicted molar refractivity (Wildman–Crippen MR) is 75.4 cm³/mol. The molecule has 0 aromatic carbocycles. The number of rotatable bonds is 3. The topological polar surface area (TPSA) is 87.0 Å².